The molecule has 3 N–H and O–H groups in total. The van der Waals surface area contributed by atoms with Gasteiger partial charge in [-0.2, -0.15) is 0 Å². The second-order valence-corrected chi connectivity index (χ2v) is 3.77. The first kappa shape index (κ1) is 11.2. The van der Waals surface area contributed by atoms with Crippen molar-refractivity contribution in [1.29, 1.82) is 0 Å². The molecule has 86 valence electrons. The molecule has 0 atom stereocenters. The van der Waals surface area contributed by atoms with Gasteiger partial charge in [0.05, 0.1) is 6.54 Å². The lowest BCUT2D eigenvalue weighted by molar-refractivity contribution is 0.101. The molecule has 0 saturated carbocycles. The first-order valence-corrected chi connectivity index (χ1v) is 5.43. The van der Waals surface area contributed by atoms with Crippen molar-refractivity contribution in [2.24, 2.45) is 0 Å². The van der Waals surface area contributed by atoms with E-state index in [9.17, 15) is 4.79 Å². The Kier molecular flexibility index (Phi) is 3.40. The van der Waals surface area contributed by atoms with Gasteiger partial charge in [-0.3, -0.25) is 4.79 Å². The number of hydrogen-bond acceptors (Lipinski definition) is 3. The molecule has 17 heavy (non-hydrogen) atoms. The highest BCUT2D eigenvalue weighted by molar-refractivity contribution is 5.98. The molecule has 0 bridgehead atoms. The van der Waals surface area contributed by atoms with Crippen LogP contribution in [-0.2, 0) is 0 Å². The average Bonchev–Trinajstić information content (AvgIpc) is 2.37. The van der Waals surface area contributed by atoms with Gasteiger partial charge in [-0.15, -0.1) is 0 Å². The molecule has 2 aromatic rings. The molecule has 0 spiro atoms. The fraction of sp³-hybridized carbons (Fsp3) is 0.0714. The van der Waals surface area contributed by atoms with E-state index < -0.39 is 0 Å². The highest BCUT2D eigenvalue weighted by atomic mass is 16.1. The Morgan fingerprint density at radius 3 is 2.53 bits per heavy atom. The molecular weight excluding hydrogens is 212 g/mol. The van der Waals surface area contributed by atoms with E-state index in [4.69, 9.17) is 5.73 Å². The largest absolute Gasteiger partial charge is 0.399 e. The minimum Gasteiger partial charge on any atom is -0.399 e. The average molecular weight is 226 g/mol. The van der Waals surface area contributed by atoms with E-state index in [0.29, 0.717) is 11.3 Å². The standard InChI is InChI=1S/C14H14N2O/c15-12-7-4-8-13(9-12)16-10-14(17)11-5-2-1-3-6-11/h1-9,16H,10,15H2. The number of carbonyl (C=O) groups excluding carboxylic acids is 1. The van der Waals surface area contributed by atoms with E-state index in [1.807, 2.05) is 48.5 Å². The van der Waals surface area contributed by atoms with Crippen LogP contribution in [-0.4, -0.2) is 12.3 Å². The van der Waals surface area contributed by atoms with Crippen LogP contribution in [0.2, 0.25) is 0 Å². The summed E-state index contributed by atoms with van der Waals surface area (Å²) in [5.74, 6) is 0.0630. The van der Waals surface area contributed by atoms with Gasteiger partial charge in [0.15, 0.2) is 5.78 Å². The van der Waals surface area contributed by atoms with Crippen molar-refractivity contribution >= 4 is 17.2 Å². The molecule has 0 amide bonds. The van der Waals surface area contributed by atoms with Gasteiger partial charge in [0.1, 0.15) is 0 Å². The Bertz CT molecular complexity index is 509. The monoisotopic (exact) mass is 226 g/mol. The fourth-order valence-electron chi connectivity index (χ4n) is 1.56. The molecule has 0 aliphatic rings. The van der Waals surface area contributed by atoms with Crippen LogP contribution in [0.25, 0.3) is 0 Å². The maximum absolute atomic E-state index is 11.8. The lowest BCUT2D eigenvalue weighted by Crippen LogP contribution is -2.13. The summed E-state index contributed by atoms with van der Waals surface area (Å²) >= 11 is 0. The van der Waals surface area contributed by atoms with Crippen molar-refractivity contribution in [2.75, 3.05) is 17.6 Å². The SMILES string of the molecule is Nc1cccc(NCC(=O)c2ccccc2)c1. The highest BCUT2D eigenvalue weighted by Gasteiger charge is 2.04. The van der Waals surface area contributed by atoms with Crippen LogP contribution in [0.15, 0.2) is 54.6 Å². The van der Waals surface area contributed by atoms with Gasteiger partial charge in [-0.05, 0) is 18.2 Å². The lowest BCUT2D eigenvalue weighted by Gasteiger charge is -2.06. The molecule has 0 radical (unpaired) electrons. The van der Waals surface area contributed by atoms with Gasteiger partial charge in [0, 0.05) is 16.9 Å². The summed E-state index contributed by atoms with van der Waals surface area (Å²) in [4.78, 5) is 11.8. The second kappa shape index (κ2) is 5.16. The van der Waals surface area contributed by atoms with Crippen molar-refractivity contribution < 1.29 is 4.79 Å². The molecule has 3 heteroatoms. The van der Waals surface area contributed by atoms with E-state index in [2.05, 4.69) is 5.32 Å². The number of anilines is 2. The normalized spacial score (nSPS) is 9.88. The first-order chi connectivity index (χ1) is 8.25. The number of Topliss-reactive ketones (excluding diaryl/α,β-unsaturated/α-hetero) is 1. The zero-order valence-corrected chi connectivity index (χ0v) is 9.39. The quantitative estimate of drug-likeness (QED) is 0.622. The van der Waals surface area contributed by atoms with E-state index in [1.165, 1.54) is 0 Å². The van der Waals surface area contributed by atoms with Gasteiger partial charge in [0.25, 0.3) is 0 Å². The molecule has 0 saturated heterocycles. The third-order valence-electron chi connectivity index (χ3n) is 2.44. The van der Waals surface area contributed by atoms with Crippen LogP contribution >= 0.6 is 0 Å². The number of nitrogens with two attached hydrogens (primary N) is 1. The molecule has 0 fully saturated rings. The molecule has 2 rings (SSSR count). The Morgan fingerprint density at radius 2 is 1.82 bits per heavy atom. The number of carbonyl (C=O) groups is 1. The summed E-state index contributed by atoms with van der Waals surface area (Å²) in [6, 6.07) is 16.6. The number of nitrogens with one attached hydrogen (secondary N) is 1. The van der Waals surface area contributed by atoms with Gasteiger partial charge in [0.2, 0.25) is 0 Å². The van der Waals surface area contributed by atoms with Crippen molar-refractivity contribution in [3.05, 3.63) is 60.2 Å². The summed E-state index contributed by atoms with van der Waals surface area (Å²) in [6.07, 6.45) is 0. The zero-order chi connectivity index (χ0) is 12.1. The topological polar surface area (TPSA) is 55.1 Å². The van der Waals surface area contributed by atoms with E-state index in [0.717, 1.165) is 5.69 Å². The summed E-state index contributed by atoms with van der Waals surface area (Å²) < 4.78 is 0. The number of rotatable bonds is 4. The third kappa shape index (κ3) is 3.08. The predicted molar refractivity (Wildman–Crippen MR) is 70.1 cm³/mol. The van der Waals surface area contributed by atoms with Crippen LogP contribution in [0.1, 0.15) is 10.4 Å². The molecule has 3 nitrogen and oxygen atoms in total. The van der Waals surface area contributed by atoms with Crippen molar-refractivity contribution in [1.82, 2.24) is 0 Å². The summed E-state index contributed by atoms with van der Waals surface area (Å²) in [6.45, 7) is 0.271. The van der Waals surface area contributed by atoms with Crippen LogP contribution in [0.3, 0.4) is 0 Å². The number of nitrogen functional groups attached to an aromatic ring is 1. The number of ketones is 1. The number of hydrogen-bond donors (Lipinski definition) is 2. The van der Waals surface area contributed by atoms with Crippen molar-refractivity contribution in [2.45, 2.75) is 0 Å². The van der Waals surface area contributed by atoms with Crippen molar-refractivity contribution in [3.63, 3.8) is 0 Å². The summed E-state index contributed by atoms with van der Waals surface area (Å²) in [5.41, 5.74) is 7.90. The molecule has 0 heterocycles. The Balaban J connectivity index is 1.97. The fourth-order valence-corrected chi connectivity index (χ4v) is 1.56. The third-order valence-corrected chi connectivity index (χ3v) is 2.44. The zero-order valence-electron chi connectivity index (χ0n) is 9.39. The van der Waals surface area contributed by atoms with E-state index >= 15 is 0 Å². The predicted octanol–water partition coefficient (Wildman–Crippen LogP) is 2.56. The minimum absolute atomic E-state index is 0.0630. The Hall–Kier alpha value is -2.29. The van der Waals surface area contributed by atoms with Gasteiger partial charge < -0.3 is 11.1 Å². The smallest absolute Gasteiger partial charge is 0.181 e. The van der Waals surface area contributed by atoms with Gasteiger partial charge in [-0.25, -0.2) is 0 Å². The summed E-state index contributed by atoms with van der Waals surface area (Å²) in [7, 11) is 0. The lowest BCUT2D eigenvalue weighted by atomic mass is 10.1. The van der Waals surface area contributed by atoms with Crippen LogP contribution in [0.4, 0.5) is 11.4 Å². The van der Waals surface area contributed by atoms with E-state index in [-0.39, 0.29) is 12.3 Å². The molecular formula is C14H14N2O. The van der Waals surface area contributed by atoms with Crippen LogP contribution in [0, 0.1) is 0 Å². The van der Waals surface area contributed by atoms with E-state index in [1.54, 1.807) is 6.07 Å². The molecule has 0 aliphatic carbocycles. The molecule has 0 aliphatic heterocycles. The summed E-state index contributed by atoms with van der Waals surface area (Å²) in [5, 5.41) is 3.05. The second-order valence-electron chi connectivity index (χ2n) is 3.77. The Morgan fingerprint density at radius 1 is 1.06 bits per heavy atom. The van der Waals surface area contributed by atoms with Crippen molar-refractivity contribution in [3.8, 4) is 0 Å². The minimum atomic E-state index is 0.0630. The molecule has 2 aromatic carbocycles. The van der Waals surface area contributed by atoms with Crippen LogP contribution in [0.5, 0.6) is 0 Å². The van der Waals surface area contributed by atoms with Gasteiger partial charge >= 0.3 is 0 Å². The maximum atomic E-state index is 11.8. The highest BCUT2D eigenvalue weighted by Crippen LogP contribution is 2.11. The van der Waals surface area contributed by atoms with Crippen LogP contribution < -0.4 is 11.1 Å². The Labute approximate surface area is 100 Å². The maximum Gasteiger partial charge on any atom is 0.181 e. The first-order valence-electron chi connectivity index (χ1n) is 5.43. The number of benzene rings is 2. The van der Waals surface area contributed by atoms with Gasteiger partial charge in [-0.1, -0.05) is 36.4 Å². The molecule has 0 aromatic heterocycles. The molecule has 0 unspecified atom stereocenters.